The second-order valence-electron chi connectivity index (χ2n) is 14.0. The number of nitrogens with zero attached hydrogens (tertiary/aromatic N) is 4. The van der Waals surface area contributed by atoms with Crippen molar-refractivity contribution in [2.24, 2.45) is 23.3 Å². The third-order valence-corrected chi connectivity index (χ3v) is 12.0. The number of thioether (sulfide) groups is 2. The van der Waals surface area contributed by atoms with E-state index in [0.29, 0.717) is 0 Å². The van der Waals surface area contributed by atoms with E-state index in [1.807, 2.05) is 0 Å². The van der Waals surface area contributed by atoms with Crippen LogP contribution in [0.1, 0.15) is 41.5 Å². The Bertz CT molecular complexity index is 1400. The predicted octanol–water partition coefficient (Wildman–Crippen LogP) is -2.19. The quantitative estimate of drug-likeness (QED) is 0.222. The zero-order valence-electron chi connectivity index (χ0n) is 32.3. The van der Waals surface area contributed by atoms with Gasteiger partial charge < -0.3 is 51.2 Å². The number of fused-ring (bicyclic) bond motifs is 4. The number of carbonyl (C=O) groups excluding carboxylic acids is 8. The second-order valence-corrected chi connectivity index (χ2v) is 16.5. The molecular formula is C33H56N8O10S2. The average molecular weight is 789 g/mol. The topological polar surface area (TPSA) is 244 Å². The lowest BCUT2D eigenvalue weighted by Gasteiger charge is -2.40. The number of rotatable bonds is 3. The van der Waals surface area contributed by atoms with Crippen molar-refractivity contribution in [1.82, 2.24) is 30.2 Å². The van der Waals surface area contributed by atoms with Crippen LogP contribution in [0.25, 0.3) is 0 Å². The zero-order chi connectivity index (χ0) is 40.6. The molecule has 2 saturated heterocycles. The molecule has 0 aliphatic carbocycles. The molecule has 9 atom stereocenters. The van der Waals surface area contributed by atoms with Crippen LogP contribution in [0.2, 0.25) is 0 Å². The molecule has 6 N–H and O–H groups in total. The molecule has 0 unspecified atom stereocenters. The molecule has 0 aromatic heterocycles. The molecule has 0 aromatic rings. The minimum Gasteiger partial charge on any atom is -0.462 e. The van der Waals surface area contributed by atoms with Crippen molar-refractivity contribution in [2.75, 3.05) is 53.4 Å². The third kappa shape index (κ3) is 11.0. The van der Waals surface area contributed by atoms with Crippen LogP contribution in [0.3, 0.4) is 0 Å². The Balaban J connectivity index is 2.90. The van der Waals surface area contributed by atoms with E-state index in [-0.39, 0.29) is 5.75 Å². The number of cyclic esters (lactones) is 2. The highest BCUT2D eigenvalue weighted by molar-refractivity contribution is 8.16. The van der Waals surface area contributed by atoms with Crippen molar-refractivity contribution in [3.05, 3.63) is 0 Å². The Hall–Kier alpha value is -3.62. The summed E-state index contributed by atoms with van der Waals surface area (Å²) < 4.78 is 10.00. The van der Waals surface area contributed by atoms with Gasteiger partial charge in [0.1, 0.15) is 61.5 Å². The van der Waals surface area contributed by atoms with Crippen LogP contribution < -0.4 is 22.1 Å². The van der Waals surface area contributed by atoms with Gasteiger partial charge in [0, 0.05) is 33.9 Å². The van der Waals surface area contributed by atoms with Gasteiger partial charge in [-0.25, -0.2) is 9.59 Å². The van der Waals surface area contributed by atoms with Crippen molar-refractivity contribution in [3.8, 4) is 0 Å². The van der Waals surface area contributed by atoms with E-state index in [1.165, 1.54) is 58.7 Å². The fourth-order valence-corrected chi connectivity index (χ4v) is 8.65. The second kappa shape index (κ2) is 19.6. The predicted molar refractivity (Wildman–Crippen MR) is 199 cm³/mol. The van der Waals surface area contributed by atoms with Gasteiger partial charge in [-0.2, -0.15) is 0 Å². The van der Waals surface area contributed by atoms with Gasteiger partial charge in [0.25, 0.3) is 0 Å². The molecular weight excluding hydrogens is 733 g/mol. The van der Waals surface area contributed by atoms with Gasteiger partial charge in [-0.1, -0.05) is 27.7 Å². The van der Waals surface area contributed by atoms with Crippen LogP contribution in [0.15, 0.2) is 0 Å². The summed E-state index contributed by atoms with van der Waals surface area (Å²) in [6, 6.07) is -10.1. The van der Waals surface area contributed by atoms with Crippen molar-refractivity contribution in [2.45, 2.75) is 94.5 Å². The lowest BCUT2D eigenvalue weighted by Crippen LogP contribution is -2.60. The highest BCUT2D eigenvalue weighted by Gasteiger charge is 2.44. The maximum Gasteiger partial charge on any atom is 0.329 e. The number of likely N-dealkylation sites (N-methyl/N-ethyl adjacent to an activating group) is 4. The van der Waals surface area contributed by atoms with E-state index < -0.39 is 125 Å². The summed E-state index contributed by atoms with van der Waals surface area (Å²) in [6.45, 7) is 8.43. The molecule has 2 rings (SSSR count). The van der Waals surface area contributed by atoms with Crippen molar-refractivity contribution in [1.29, 1.82) is 0 Å². The highest BCUT2D eigenvalue weighted by atomic mass is 32.2. The SMILES string of the molecule is CS[C@@H]1SC[C@H]2C(=O)N(C)[C@@H](C(C)C)C(=O)OC[C@@H](N)C(=O)N[C@@H](C)C(=O)N(C)[C@@H]1C(=O)N(C)[C@@H](C(C)C)C(=O)OC[C@@H](N)C(=O)N[C@@H](C)C(=O)N2C. The fraction of sp³-hybridized carbons (Fsp3) is 0.758. The van der Waals surface area contributed by atoms with Gasteiger partial charge >= 0.3 is 11.9 Å². The van der Waals surface area contributed by atoms with Crippen LogP contribution in [0.5, 0.6) is 0 Å². The van der Waals surface area contributed by atoms with Crippen molar-refractivity contribution >= 4 is 70.9 Å². The van der Waals surface area contributed by atoms with Crippen LogP contribution in [0, 0.1) is 11.8 Å². The summed E-state index contributed by atoms with van der Waals surface area (Å²) >= 11 is 2.29. The normalized spacial score (nSPS) is 31.8. The molecule has 6 amide bonds. The first-order chi connectivity index (χ1) is 24.6. The molecule has 53 heavy (non-hydrogen) atoms. The van der Waals surface area contributed by atoms with Gasteiger partial charge in [-0.3, -0.25) is 28.8 Å². The number of carbonyl (C=O) groups is 8. The number of amides is 6. The number of esters is 2. The molecule has 18 nitrogen and oxygen atoms in total. The minimum absolute atomic E-state index is 0.140. The molecule has 0 aromatic carbocycles. The molecule has 0 saturated carbocycles. The standard InChI is InChI=1S/C33H56N8O10S2/c1-15(2)22-31(48)50-12-20(35)26(43)37-18(6)28(45)41(10)24-30(47)40(9)23(16(3)4)32(49)51-13-19(34)25(42)36-17(5)27(44)38(7)21(29(46)39(22)8)14-53-33(24)52-11/h15-24,33H,12-14,34-35H2,1-11H3,(H,36,42)(H,37,43)/t17-,18-,19+,20+,21-,22-,23-,24+,33+/m0/s1. The molecule has 2 aliphatic rings. The van der Waals surface area contributed by atoms with E-state index in [0.717, 1.165) is 26.5 Å². The Kier molecular flexibility index (Phi) is 16.9. The maximum absolute atomic E-state index is 14.6. The van der Waals surface area contributed by atoms with Gasteiger partial charge in [0.05, 0.1) is 4.58 Å². The van der Waals surface area contributed by atoms with Crippen LogP contribution in [-0.2, 0) is 47.8 Å². The summed E-state index contributed by atoms with van der Waals surface area (Å²) in [5, 5.41) is 5.03. The first kappa shape index (κ1) is 45.5. The molecule has 0 radical (unpaired) electrons. The average Bonchev–Trinajstić information content (AvgIpc) is 3.09. The van der Waals surface area contributed by atoms with Crippen molar-refractivity contribution in [3.63, 3.8) is 0 Å². The first-order valence-corrected chi connectivity index (χ1v) is 19.6. The van der Waals surface area contributed by atoms with E-state index >= 15 is 0 Å². The fourth-order valence-electron chi connectivity index (χ4n) is 6.09. The summed E-state index contributed by atoms with van der Waals surface area (Å²) in [5.41, 5.74) is 12.1. The van der Waals surface area contributed by atoms with Crippen molar-refractivity contribution < 1.29 is 47.8 Å². The van der Waals surface area contributed by atoms with E-state index in [1.54, 1.807) is 34.0 Å². The minimum atomic E-state index is -1.39. The Labute approximate surface area is 319 Å². The molecule has 2 heterocycles. The number of hydrogen-bond acceptors (Lipinski definition) is 14. The smallest absolute Gasteiger partial charge is 0.329 e. The number of hydrogen-bond donors (Lipinski definition) is 4. The Morgan fingerprint density at radius 1 is 0.660 bits per heavy atom. The molecule has 2 aliphatic heterocycles. The summed E-state index contributed by atoms with van der Waals surface area (Å²) in [6.07, 6.45) is 1.70. The lowest BCUT2D eigenvalue weighted by atomic mass is 10.0. The van der Waals surface area contributed by atoms with Gasteiger partial charge in [-0.05, 0) is 31.9 Å². The number of nitrogens with two attached hydrogens (primary N) is 2. The van der Waals surface area contributed by atoms with Crippen LogP contribution in [0.4, 0.5) is 0 Å². The Morgan fingerprint density at radius 3 is 1.45 bits per heavy atom. The first-order valence-electron chi connectivity index (χ1n) is 17.2. The molecule has 300 valence electrons. The Morgan fingerprint density at radius 2 is 1.06 bits per heavy atom. The van der Waals surface area contributed by atoms with Crippen LogP contribution >= 0.6 is 23.5 Å². The third-order valence-electron chi connectivity index (χ3n) is 9.24. The number of nitrogens with one attached hydrogen (secondary N) is 2. The maximum atomic E-state index is 14.6. The largest absolute Gasteiger partial charge is 0.462 e. The molecule has 2 bridgehead atoms. The van der Waals surface area contributed by atoms with Crippen LogP contribution in [-0.4, -0.2) is 173 Å². The lowest BCUT2D eigenvalue weighted by molar-refractivity contribution is -0.160. The van der Waals surface area contributed by atoms with Gasteiger partial charge in [-0.15, -0.1) is 23.5 Å². The summed E-state index contributed by atoms with van der Waals surface area (Å²) in [4.78, 5) is 114. The van der Waals surface area contributed by atoms with Gasteiger partial charge in [0.2, 0.25) is 35.4 Å². The van der Waals surface area contributed by atoms with E-state index in [2.05, 4.69) is 10.6 Å². The molecule has 20 heteroatoms. The summed E-state index contributed by atoms with van der Waals surface area (Å²) in [7, 11) is 5.52. The number of ether oxygens (including phenoxy) is 2. The summed E-state index contributed by atoms with van der Waals surface area (Å²) in [5.74, 6) is -7.13. The monoisotopic (exact) mass is 788 g/mol. The molecule has 2 fully saturated rings. The van der Waals surface area contributed by atoms with E-state index in [4.69, 9.17) is 20.9 Å². The zero-order valence-corrected chi connectivity index (χ0v) is 33.9. The molecule has 0 spiro atoms. The highest BCUT2D eigenvalue weighted by Crippen LogP contribution is 2.32. The van der Waals surface area contributed by atoms with E-state index in [9.17, 15) is 38.4 Å². The van der Waals surface area contributed by atoms with Gasteiger partial charge in [0.15, 0.2) is 0 Å².